The fourth-order valence-electron chi connectivity index (χ4n) is 1.07. The molecule has 1 amide bonds. The van der Waals surface area contributed by atoms with Crippen LogP contribution in [0.1, 0.15) is 15.9 Å². The molecule has 1 rings (SSSR count). The molecule has 1 aromatic heterocycles. The number of rotatable bonds is 2. The lowest BCUT2D eigenvalue weighted by Crippen LogP contribution is -2.20. The van der Waals surface area contributed by atoms with Crippen molar-refractivity contribution >= 4 is 18.3 Å². The van der Waals surface area contributed by atoms with Gasteiger partial charge in [-0.1, -0.05) is 0 Å². The Balaban J connectivity index is 0.00000225. The molecule has 0 radical (unpaired) electrons. The number of ether oxygens (including phenoxy) is 1. The molecule has 0 aliphatic heterocycles. The van der Waals surface area contributed by atoms with Crippen LogP contribution in [0.5, 0.6) is 5.88 Å². The van der Waals surface area contributed by atoms with Gasteiger partial charge in [0, 0.05) is 6.20 Å². The summed E-state index contributed by atoms with van der Waals surface area (Å²) in [5.41, 5.74) is 2.92. The Bertz CT molecular complexity index is 395. The SMILES string of the molecule is COc1nccc(C(F)(F)F)c1C(N)=O.Cl. The normalized spacial score (nSPS) is 10.5. The Kier molecular flexibility index (Phi) is 4.55. The molecule has 0 aliphatic carbocycles. The zero-order valence-corrected chi connectivity index (χ0v) is 8.85. The van der Waals surface area contributed by atoms with Gasteiger partial charge in [0.15, 0.2) is 0 Å². The number of aromatic nitrogens is 1. The second kappa shape index (κ2) is 5.02. The first-order valence-electron chi connectivity index (χ1n) is 3.78. The Morgan fingerprint density at radius 2 is 2.06 bits per heavy atom. The van der Waals surface area contributed by atoms with Crippen LogP contribution in [-0.4, -0.2) is 18.0 Å². The predicted molar refractivity (Wildman–Crippen MR) is 51.6 cm³/mol. The summed E-state index contributed by atoms with van der Waals surface area (Å²) in [6, 6.07) is 0.669. The summed E-state index contributed by atoms with van der Waals surface area (Å²) in [5, 5.41) is 0. The van der Waals surface area contributed by atoms with E-state index in [9.17, 15) is 18.0 Å². The molecule has 1 heterocycles. The van der Waals surface area contributed by atoms with Crippen LogP contribution in [0.3, 0.4) is 0 Å². The van der Waals surface area contributed by atoms with E-state index in [0.717, 1.165) is 13.3 Å². The van der Waals surface area contributed by atoms with Crippen LogP contribution in [0.25, 0.3) is 0 Å². The fourth-order valence-corrected chi connectivity index (χ4v) is 1.07. The first kappa shape index (κ1) is 14.5. The minimum absolute atomic E-state index is 0. The summed E-state index contributed by atoms with van der Waals surface area (Å²) >= 11 is 0. The zero-order chi connectivity index (χ0) is 11.6. The lowest BCUT2D eigenvalue weighted by molar-refractivity contribution is -0.138. The van der Waals surface area contributed by atoms with Crippen molar-refractivity contribution in [3.05, 3.63) is 23.4 Å². The topological polar surface area (TPSA) is 65.2 Å². The van der Waals surface area contributed by atoms with E-state index < -0.39 is 29.1 Å². The number of primary amides is 1. The van der Waals surface area contributed by atoms with Crippen molar-refractivity contribution in [1.29, 1.82) is 0 Å². The number of pyridine rings is 1. The van der Waals surface area contributed by atoms with Gasteiger partial charge in [-0.3, -0.25) is 4.79 Å². The highest BCUT2D eigenvalue weighted by Gasteiger charge is 2.36. The zero-order valence-electron chi connectivity index (χ0n) is 8.04. The van der Waals surface area contributed by atoms with Crippen LogP contribution in [0.15, 0.2) is 12.3 Å². The van der Waals surface area contributed by atoms with Crippen LogP contribution >= 0.6 is 12.4 Å². The average molecular weight is 257 g/mol. The van der Waals surface area contributed by atoms with Crippen molar-refractivity contribution in [2.75, 3.05) is 7.11 Å². The number of amides is 1. The maximum Gasteiger partial charge on any atom is 0.417 e. The molecule has 0 aliphatic rings. The highest BCUT2D eigenvalue weighted by molar-refractivity contribution is 5.96. The van der Waals surface area contributed by atoms with Crippen molar-refractivity contribution in [3.63, 3.8) is 0 Å². The van der Waals surface area contributed by atoms with Gasteiger partial charge in [-0.05, 0) is 6.07 Å². The van der Waals surface area contributed by atoms with E-state index in [1.807, 2.05) is 0 Å². The van der Waals surface area contributed by atoms with Gasteiger partial charge in [0.05, 0.1) is 12.7 Å². The third kappa shape index (κ3) is 2.75. The second-order valence-electron chi connectivity index (χ2n) is 2.60. The number of nitrogens with two attached hydrogens (primary N) is 1. The summed E-state index contributed by atoms with van der Waals surface area (Å²) in [7, 11) is 1.11. The molecule has 0 unspecified atom stereocenters. The first-order valence-corrected chi connectivity index (χ1v) is 3.78. The molecule has 0 saturated heterocycles. The Morgan fingerprint density at radius 3 is 2.44 bits per heavy atom. The van der Waals surface area contributed by atoms with Gasteiger partial charge in [-0.2, -0.15) is 13.2 Å². The molecule has 0 atom stereocenters. The largest absolute Gasteiger partial charge is 0.480 e. The summed E-state index contributed by atoms with van der Waals surface area (Å²) < 4.78 is 41.8. The number of hydrogen-bond acceptors (Lipinski definition) is 3. The van der Waals surface area contributed by atoms with E-state index in [0.29, 0.717) is 6.07 Å². The number of carbonyl (C=O) groups excluding carboxylic acids is 1. The quantitative estimate of drug-likeness (QED) is 0.875. The van der Waals surface area contributed by atoms with Gasteiger partial charge in [0.2, 0.25) is 5.88 Å². The maximum absolute atomic E-state index is 12.4. The number of carbonyl (C=O) groups is 1. The molecule has 2 N–H and O–H groups in total. The van der Waals surface area contributed by atoms with Crippen molar-refractivity contribution < 1.29 is 22.7 Å². The third-order valence-electron chi connectivity index (χ3n) is 1.66. The van der Waals surface area contributed by atoms with Crippen LogP contribution < -0.4 is 10.5 Å². The molecule has 16 heavy (non-hydrogen) atoms. The highest BCUT2D eigenvalue weighted by Crippen LogP contribution is 2.34. The molecule has 90 valence electrons. The van der Waals surface area contributed by atoms with Crippen LogP contribution in [0.2, 0.25) is 0 Å². The standard InChI is InChI=1S/C8H7F3N2O2.ClH/c1-15-7-5(6(12)14)4(2-3-13-7)8(9,10)11;/h2-3H,1H3,(H2,12,14);1H. The Labute approximate surface area is 95.0 Å². The van der Waals surface area contributed by atoms with Gasteiger partial charge in [-0.25, -0.2) is 4.98 Å². The molecule has 0 bridgehead atoms. The lowest BCUT2D eigenvalue weighted by atomic mass is 10.1. The van der Waals surface area contributed by atoms with E-state index in [1.54, 1.807) is 0 Å². The molecular formula is C8H8ClF3N2O2. The maximum atomic E-state index is 12.4. The average Bonchev–Trinajstić information content (AvgIpc) is 2.15. The molecule has 0 spiro atoms. The number of halogens is 4. The number of nitrogens with zero attached hydrogens (tertiary/aromatic N) is 1. The Hall–Kier alpha value is -1.50. The van der Waals surface area contributed by atoms with E-state index in [-0.39, 0.29) is 12.4 Å². The summed E-state index contributed by atoms with van der Waals surface area (Å²) in [4.78, 5) is 14.3. The fraction of sp³-hybridized carbons (Fsp3) is 0.250. The van der Waals surface area contributed by atoms with Gasteiger partial charge in [-0.15, -0.1) is 12.4 Å². The van der Waals surface area contributed by atoms with Gasteiger partial charge < -0.3 is 10.5 Å². The summed E-state index contributed by atoms with van der Waals surface area (Å²) in [6.07, 6.45) is -3.77. The summed E-state index contributed by atoms with van der Waals surface area (Å²) in [6.45, 7) is 0. The number of methoxy groups -OCH3 is 1. The predicted octanol–water partition coefficient (Wildman–Crippen LogP) is 1.63. The number of hydrogen-bond donors (Lipinski definition) is 1. The minimum Gasteiger partial charge on any atom is -0.480 e. The monoisotopic (exact) mass is 256 g/mol. The molecule has 0 saturated carbocycles. The minimum atomic E-state index is -4.67. The number of alkyl halides is 3. The van der Waals surface area contributed by atoms with Gasteiger partial charge in [0.1, 0.15) is 5.56 Å². The second-order valence-corrected chi connectivity index (χ2v) is 2.60. The lowest BCUT2D eigenvalue weighted by Gasteiger charge is -2.12. The Morgan fingerprint density at radius 1 is 1.50 bits per heavy atom. The summed E-state index contributed by atoms with van der Waals surface area (Å²) in [5.74, 6) is -1.66. The van der Waals surface area contributed by atoms with Crippen LogP contribution in [-0.2, 0) is 6.18 Å². The molecule has 0 fully saturated rings. The molecular weight excluding hydrogens is 249 g/mol. The van der Waals surface area contributed by atoms with Crippen molar-refractivity contribution in [3.8, 4) is 5.88 Å². The molecule has 4 nitrogen and oxygen atoms in total. The van der Waals surface area contributed by atoms with Gasteiger partial charge in [0.25, 0.3) is 5.91 Å². The van der Waals surface area contributed by atoms with Crippen molar-refractivity contribution in [2.24, 2.45) is 5.73 Å². The van der Waals surface area contributed by atoms with E-state index in [1.165, 1.54) is 0 Å². The smallest absolute Gasteiger partial charge is 0.417 e. The third-order valence-corrected chi connectivity index (χ3v) is 1.66. The molecule has 8 heteroatoms. The van der Waals surface area contributed by atoms with Crippen LogP contribution in [0.4, 0.5) is 13.2 Å². The van der Waals surface area contributed by atoms with Crippen LogP contribution in [0, 0.1) is 0 Å². The van der Waals surface area contributed by atoms with E-state index in [4.69, 9.17) is 5.73 Å². The van der Waals surface area contributed by atoms with Crippen molar-refractivity contribution in [2.45, 2.75) is 6.18 Å². The van der Waals surface area contributed by atoms with E-state index in [2.05, 4.69) is 9.72 Å². The van der Waals surface area contributed by atoms with Gasteiger partial charge >= 0.3 is 6.18 Å². The molecule has 0 aromatic carbocycles. The first-order chi connectivity index (χ1) is 6.88. The molecule has 1 aromatic rings. The highest BCUT2D eigenvalue weighted by atomic mass is 35.5. The van der Waals surface area contributed by atoms with E-state index >= 15 is 0 Å². The van der Waals surface area contributed by atoms with Crippen molar-refractivity contribution in [1.82, 2.24) is 4.98 Å².